The molecule has 3 aromatic carbocycles. The van der Waals surface area contributed by atoms with Gasteiger partial charge in [-0.05, 0) is 98.2 Å². The zero-order valence-corrected chi connectivity index (χ0v) is 26.5. The molecule has 1 saturated carbocycles. The molecule has 2 N–H and O–H groups in total. The quantitative estimate of drug-likeness (QED) is 0.228. The standard InChI is InChI=1S/C38H36F3N5O2/c1-2-27-31(40)9-4-23-14-26(47)15-30(32(23)27)28-7-8-29-34(33(28)41)42-36(48-21-37-11-3-13-46(37)18-22(16-37)17-39)43-35(29)45-19-25-10-12-38(20-45,44-25)24-5-6-24/h1,4,7-9,14-15,17,24-25,44,47H,3,5-6,10-13,16,18-21H2/b22-17-/t25-,37-,38+/m0/s1. The highest BCUT2D eigenvalue weighted by Gasteiger charge is 2.53. The lowest BCUT2D eigenvalue weighted by atomic mass is 9.90. The summed E-state index contributed by atoms with van der Waals surface area (Å²) in [6, 6.07) is 9.47. The molecule has 3 atom stereocenters. The molecular weight excluding hydrogens is 615 g/mol. The number of aromatic nitrogens is 2. The van der Waals surface area contributed by atoms with Gasteiger partial charge in [-0.3, -0.25) is 4.90 Å². The van der Waals surface area contributed by atoms with E-state index in [9.17, 15) is 13.9 Å². The van der Waals surface area contributed by atoms with Crippen molar-refractivity contribution in [3.05, 3.63) is 65.5 Å². The second kappa shape index (κ2) is 10.8. The predicted octanol–water partition coefficient (Wildman–Crippen LogP) is 6.61. The maximum Gasteiger partial charge on any atom is 0.319 e. The summed E-state index contributed by atoms with van der Waals surface area (Å²) in [5, 5.41) is 15.9. The van der Waals surface area contributed by atoms with Crippen molar-refractivity contribution in [3.8, 4) is 35.2 Å². The van der Waals surface area contributed by atoms with Gasteiger partial charge >= 0.3 is 6.01 Å². The van der Waals surface area contributed by atoms with E-state index < -0.39 is 11.6 Å². The summed E-state index contributed by atoms with van der Waals surface area (Å²) in [4.78, 5) is 14.2. The monoisotopic (exact) mass is 651 g/mol. The summed E-state index contributed by atoms with van der Waals surface area (Å²) >= 11 is 0. The van der Waals surface area contributed by atoms with Crippen LogP contribution in [0.25, 0.3) is 32.8 Å². The van der Waals surface area contributed by atoms with Crippen LogP contribution in [-0.4, -0.2) is 69.9 Å². The fourth-order valence-corrected chi connectivity index (χ4v) is 9.23. The molecule has 0 spiro atoms. The summed E-state index contributed by atoms with van der Waals surface area (Å²) in [6.45, 7) is 3.19. The maximum absolute atomic E-state index is 17.0. The molecule has 5 heterocycles. The van der Waals surface area contributed by atoms with E-state index in [-0.39, 0.29) is 51.7 Å². The highest BCUT2D eigenvalue weighted by atomic mass is 19.1. The highest BCUT2D eigenvalue weighted by Crippen LogP contribution is 2.49. The van der Waals surface area contributed by atoms with Crippen LogP contribution >= 0.6 is 0 Å². The molecule has 0 unspecified atom stereocenters. The number of fused-ring (bicyclic) bond motifs is 5. The minimum atomic E-state index is -0.640. The van der Waals surface area contributed by atoms with Gasteiger partial charge in [0.15, 0.2) is 5.82 Å². The second-order valence-electron chi connectivity index (χ2n) is 14.5. The largest absolute Gasteiger partial charge is 0.508 e. The molecule has 246 valence electrons. The summed E-state index contributed by atoms with van der Waals surface area (Å²) in [6.07, 6.45) is 13.5. The number of ether oxygens (including phenoxy) is 1. The molecule has 4 aromatic rings. The second-order valence-corrected chi connectivity index (χ2v) is 14.5. The van der Waals surface area contributed by atoms with Crippen molar-refractivity contribution in [1.82, 2.24) is 20.2 Å². The lowest BCUT2D eigenvalue weighted by Gasteiger charge is -2.42. The normalized spacial score (nSPS) is 27.7. The van der Waals surface area contributed by atoms with Crippen molar-refractivity contribution in [2.75, 3.05) is 37.7 Å². The molecule has 5 aliphatic rings. The Hall–Kier alpha value is -4.33. The number of anilines is 1. The fourth-order valence-electron chi connectivity index (χ4n) is 9.23. The first kappa shape index (κ1) is 29.8. The van der Waals surface area contributed by atoms with Crippen molar-refractivity contribution in [1.29, 1.82) is 0 Å². The first-order valence-corrected chi connectivity index (χ1v) is 16.9. The van der Waals surface area contributed by atoms with Gasteiger partial charge in [0, 0.05) is 47.6 Å². The van der Waals surface area contributed by atoms with Gasteiger partial charge in [0.25, 0.3) is 0 Å². The first-order valence-electron chi connectivity index (χ1n) is 16.9. The van der Waals surface area contributed by atoms with Crippen LogP contribution in [0.1, 0.15) is 50.5 Å². The first-order chi connectivity index (χ1) is 23.3. The number of hydrogen-bond donors (Lipinski definition) is 2. The third-order valence-corrected chi connectivity index (χ3v) is 11.6. The smallest absolute Gasteiger partial charge is 0.319 e. The van der Waals surface area contributed by atoms with E-state index in [0.29, 0.717) is 53.2 Å². The molecule has 0 radical (unpaired) electrons. The number of halogens is 3. The van der Waals surface area contributed by atoms with Crippen LogP contribution < -0.4 is 15.0 Å². The Kier molecular flexibility index (Phi) is 6.73. The lowest BCUT2D eigenvalue weighted by molar-refractivity contribution is 0.108. The molecule has 4 saturated heterocycles. The molecule has 1 aromatic heterocycles. The maximum atomic E-state index is 17.0. The van der Waals surface area contributed by atoms with E-state index in [2.05, 4.69) is 26.0 Å². The average molecular weight is 652 g/mol. The zero-order chi connectivity index (χ0) is 32.8. The van der Waals surface area contributed by atoms with Crippen molar-refractivity contribution in [3.63, 3.8) is 0 Å². The van der Waals surface area contributed by atoms with E-state index in [1.165, 1.54) is 37.1 Å². The van der Waals surface area contributed by atoms with Gasteiger partial charge in [-0.25, -0.2) is 13.2 Å². The van der Waals surface area contributed by atoms with Crippen LogP contribution in [0.15, 0.2) is 48.3 Å². The SMILES string of the molecule is C#Cc1c(F)ccc2cc(O)cc(-c3ccc4c(N5C[C@@H]6CC[C@](C7CC7)(C5)N6)nc(OC[C@@]56CCCN5C/C(=C\F)C6)nc4c3F)c12. The van der Waals surface area contributed by atoms with Crippen LogP contribution in [0.4, 0.5) is 19.0 Å². The number of phenols is 1. The van der Waals surface area contributed by atoms with Gasteiger partial charge in [0.2, 0.25) is 0 Å². The van der Waals surface area contributed by atoms with Gasteiger partial charge in [-0.1, -0.05) is 18.1 Å². The Morgan fingerprint density at radius 2 is 1.98 bits per heavy atom. The molecule has 5 fully saturated rings. The number of rotatable bonds is 6. The average Bonchev–Trinajstić information content (AvgIpc) is 3.70. The minimum absolute atomic E-state index is 0.00491. The van der Waals surface area contributed by atoms with E-state index >= 15 is 4.39 Å². The zero-order valence-electron chi connectivity index (χ0n) is 26.5. The topological polar surface area (TPSA) is 73.8 Å². The Balaban J connectivity index is 1.19. The van der Waals surface area contributed by atoms with E-state index in [0.717, 1.165) is 50.9 Å². The molecule has 9 rings (SSSR count). The summed E-state index contributed by atoms with van der Waals surface area (Å²) < 4.78 is 51.9. The Bertz CT molecular complexity index is 2080. The third-order valence-electron chi connectivity index (χ3n) is 11.6. The molecule has 4 aliphatic heterocycles. The molecule has 7 nitrogen and oxygen atoms in total. The Morgan fingerprint density at radius 1 is 1.10 bits per heavy atom. The van der Waals surface area contributed by atoms with Crippen LogP contribution in [0.3, 0.4) is 0 Å². The van der Waals surface area contributed by atoms with Crippen molar-refractivity contribution in [2.24, 2.45) is 5.92 Å². The number of phenolic OH excluding ortho intramolecular Hbond substituents is 1. The number of nitrogens with zero attached hydrogens (tertiary/aromatic N) is 4. The number of hydrogen-bond acceptors (Lipinski definition) is 7. The number of terminal acetylenes is 1. The van der Waals surface area contributed by atoms with Crippen molar-refractivity contribution >= 4 is 27.5 Å². The van der Waals surface area contributed by atoms with Crippen LogP contribution in [0.2, 0.25) is 0 Å². The predicted molar refractivity (Wildman–Crippen MR) is 179 cm³/mol. The van der Waals surface area contributed by atoms with Crippen molar-refractivity contribution in [2.45, 2.75) is 62.1 Å². The molecule has 10 heteroatoms. The fraction of sp³-hybridized carbons (Fsp3) is 0.421. The molecule has 0 amide bonds. The number of nitrogens with one attached hydrogen (secondary N) is 1. The van der Waals surface area contributed by atoms with E-state index in [1.807, 2.05) is 0 Å². The van der Waals surface area contributed by atoms with Gasteiger partial charge in [0.05, 0.1) is 17.4 Å². The van der Waals surface area contributed by atoms with Gasteiger partial charge in [0.1, 0.15) is 29.5 Å². The van der Waals surface area contributed by atoms with Crippen LogP contribution in [-0.2, 0) is 0 Å². The van der Waals surface area contributed by atoms with Crippen LogP contribution in [0, 0.1) is 29.9 Å². The number of benzene rings is 3. The molecule has 1 aliphatic carbocycles. The third kappa shape index (κ3) is 4.58. The summed E-state index contributed by atoms with van der Waals surface area (Å²) in [5.41, 5.74) is 0.876. The number of aromatic hydroxyl groups is 1. The van der Waals surface area contributed by atoms with Crippen LogP contribution in [0.5, 0.6) is 11.8 Å². The number of piperazine rings is 1. The molecular formula is C38H36F3N5O2. The summed E-state index contributed by atoms with van der Waals surface area (Å²) in [7, 11) is 0. The summed E-state index contributed by atoms with van der Waals surface area (Å²) in [5.74, 6) is 2.31. The lowest BCUT2D eigenvalue weighted by Crippen LogP contribution is -2.61. The highest BCUT2D eigenvalue weighted by molar-refractivity contribution is 6.04. The molecule has 48 heavy (non-hydrogen) atoms. The van der Waals surface area contributed by atoms with Crippen molar-refractivity contribution < 1.29 is 23.0 Å². The Labute approximate surface area is 276 Å². The van der Waals surface area contributed by atoms with Gasteiger partial charge in [-0.2, -0.15) is 9.97 Å². The van der Waals surface area contributed by atoms with E-state index in [1.54, 1.807) is 12.1 Å². The Morgan fingerprint density at radius 3 is 2.79 bits per heavy atom. The van der Waals surface area contributed by atoms with Gasteiger partial charge in [-0.15, -0.1) is 6.42 Å². The van der Waals surface area contributed by atoms with Gasteiger partial charge < -0.3 is 20.1 Å². The van der Waals surface area contributed by atoms with E-state index in [4.69, 9.17) is 16.1 Å². The minimum Gasteiger partial charge on any atom is -0.508 e. The molecule has 2 bridgehead atoms.